The van der Waals surface area contributed by atoms with Gasteiger partial charge >= 0.3 is 0 Å². The maximum Gasteiger partial charge on any atom is 0.235 e. The third-order valence-corrected chi connectivity index (χ3v) is 3.84. The van der Waals surface area contributed by atoms with Crippen molar-refractivity contribution < 1.29 is 10.5 Å². The standard InChI is InChI=1S/C17H18N2O/c18-11-10-15-14-8-4-5-9-16(14)19(17(15)20)12-13-6-2-1-3-7-13/h1-9,15H,10-12,18H2/p+1/t15-/m0/s1. The predicted octanol–water partition coefficient (Wildman–Crippen LogP) is 1.95. The zero-order valence-corrected chi connectivity index (χ0v) is 11.5. The fraction of sp³-hybridized carbons (Fsp3) is 0.235. The first kappa shape index (κ1) is 12.9. The SMILES string of the molecule is [NH3+]CC[C@@H]1C(=O)N(Cc2ccccc2)c2ccccc21. The first-order valence-electron chi connectivity index (χ1n) is 7.04. The molecule has 0 aliphatic carbocycles. The lowest BCUT2D eigenvalue weighted by atomic mass is 9.97. The Morgan fingerprint density at radius 3 is 2.45 bits per heavy atom. The minimum atomic E-state index is -0.0209. The Kier molecular flexibility index (Phi) is 3.52. The quantitative estimate of drug-likeness (QED) is 0.904. The van der Waals surface area contributed by atoms with E-state index in [9.17, 15) is 4.79 Å². The van der Waals surface area contributed by atoms with Gasteiger partial charge in [-0.25, -0.2) is 0 Å². The van der Waals surface area contributed by atoms with Crippen LogP contribution >= 0.6 is 0 Å². The van der Waals surface area contributed by atoms with Crippen LogP contribution in [-0.4, -0.2) is 12.5 Å². The van der Waals surface area contributed by atoms with Crippen molar-refractivity contribution in [2.45, 2.75) is 18.9 Å². The summed E-state index contributed by atoms with van der Waals surface area (Å²) in [5.41, 5.74) is 7.26. The van der Waals surface area contributed by atoms with Gasteiger partial charge in [0.15, 0.2) is 0 Å². The fourth-order valence-corrected chi connectivity index (χ4v) is 2.88. The van der Waals surface area contributed by atoms with Gasteiger partial charge in [-0.3, -0.25) is 4.79 Å². The molecule has 1 aliphatic rings. The number of fused-ring (bicyclic) bond motifs is 1. The van der Waals surface area contributed by atoms with Crippen molar-refractivity contribution in [3.8, 4) is 0 Å². The van der Waals surface area contributed by atoms with Crippen molar-refractivity contribution in [3.63, 3.8) is 0 Å². The summed E-state index contributed by atoms with van der Waals surface area (Å²) in [6, 6.07) is 18.2. The molecule has 0 radical (unpaired) electrons. The van der Waals surface area contributed by atoms with Crippen molar-refractivity contribution in [2.24, 2.45) is 0 Å². The number of nitrogens with zero attached hydrogens (tertiary/aromatic N) is 1. The molecule has 1 amide bonds. The number of hydrogen-bond acceptors (Lipinski definition) is 1. The van der Waals surface area contributed by atoms with Crippen molar-refractivity contribution in [1.82, 2.24) is 0 Å². The van der Waals surface area contributed by atoms with E-state index in [-0.39, 0.29) is 11.8 Å². The van der Waals surface area contributed by atoms with Crippen LogP contribution in [0, 0.1) is 0 Å². The molecule has 0 aromatic heterocycles. The number of anilines is 1. The third-order valence-electron chi connectivity index (χ3n) is 3.84. The minimum absolute atomic E-state index is 0.0209. The van der Waals surface area contributed by atoms with Crippen molar-refractivity contribution in [3.05, 3.63) is 65.7 Å². The summed E-state index contributed by atoms with van der Waals surface area (Å²) < 4.78 is 0. The predicted molar refractivity (Wildman–Crippen MR) is 79.2 cm³/mol. The van der Waals surface area contributed by atoms with Crippen LogP contribution in [0.2, 0.25) is 0 Å². The molecule has 3 nitrogen and oxygen atoms in total. The molecule has 0 unspecified atom stereocenters. The third kappa shape index (κ3) is 2.21. The van der Waals surface area contributed by atoms with E-state index in [1.807, 2.05) is 41.3 Å². The van der Waals surface area contributed by atoms with E-state index < -0.39 is 0 Å². The van der Waals surface area contributed by atoms with E-state index >= 15 is 0 Å². The molecular weight excluding hydrogens is 248 g/mol. The second-order valence-electron chi connectivity index (χ2n) is 5.16. The summed E-state index contributed by atoms with van der Waals surface area (Å²) in [5, 5.41) is 0. The zero-order chi connectivity index (χ0) is 13.9. The molecule has 0 bridgehead atoms. The molecule has 3 N–H and O–H groups in total. The van der Waals surface area contributed by atoms with E-state index in [4.69, 9.17) is 0 Å². The Morgan fingerprint density at radius 1 is 1.00 bits per heavy atom. The maximum atomic E-state index is 12.7. The van der Waals surface area contributed by atoms with Gasteiger partial charge in [0.05, 0.1) is 19.0 Å². The monoisotopic (exact) mass is 267 g/mol. The van der Waals surface area contributed by atoms with Crippen LogP contribution in [0.5, 0.6) is 0 Å². The lowest BCUT2D eigenvalue weighted by molar-refractivity contribution is -0.368. The van der Waals surface area contributed by atoms with E-state index in [1.54, 1.807) is 0 Å². The lowest BCUT2D eigenvalue weighted by Gasteiger charge is -2.18. The number of para-hydroxylation sites is 1. The highest BCUT2D eigenvalue weighted by molar-refractivity contribution is 6.04. The van der Waals surface area contributed by atoms with Crippen LogP contribution in [0.25, 0.3) is 0 Å². The van der Waals surface area contributed by atoms with Gasteiger partial charge in [-0.15, -0.1) is 0 Å². The molecule has 2 aromatic rings. The van der Waals surface area contributed by atoms with Gasteiger partial charge in [-0.2, -0.15) is 0 Å². The fourth-order valence-electron chi connectivity index (χ4n) is 2.88. The van der Waals surface area contributed by atoms with Gasteiger partial charge in [-0.05, 0) is 17.2 Å². The van der Waals surface area contributed by atoms with E-state index in [2.05, 4.69) is 23.9 Å². The Labute approximate surface area is 119 Å². The van der Waals surface area contributed by atoms with Crippen LogP contribution in [0.15, 0.2) is 54.6 Å². The largest absolute Gasteiger partial charge is 0.358 e. The van der Waals surface area contributed by atoms with Gasteiger partial charge in [-0.1, -0.05) is 48.5 Å². The Hall–Kier alpha value is -2.13. The lowest BCUT2D eigenvalue weighted by Crippen LogP contribution is -2.51. The van der Waals surface area contributed by atoms with E-state index in [1.165, 1.54) is 0 Å². The molecule has 2 aromatic carbocycles. The summed E-state index contributed by atoms with van der Waals surface area (Å²) in [5.74, 6) is 0.186. The molecule has 0 spiro atoms. The number of hydrogen-bond donors (Lipinski definition) is 1. The first-order chi connectivity index (χ1) is 9.81. The normalized spacial score (nSPS) is 17.4. The minimum Gasteiger partial charge on any atom is -0.358 e. The average Bonchev–Trinajstić information content (AvgIpc) is 2.75. The molecule has 102 valence electrons. The van der Waals surface area contributed by atoms with Gasteiger partial charge < -0.3 is 10.6 Å². The first-order valence-corrected chi connectivity index (χ1v) is 7.04. The molecule has 20 heavy (non-hydrogen) atoms. The zero-order valence-electron chi connectivity index (χ0n) is 11.5. The average molecular weight is 267 g/mol. The second kappa shape index (κ2) is 5.47. The van der Waals surface area contributed by atoms with Gasteiger partial charge in [0.1, 0.15) is 0 Å². The number of amides is 1. The van der Waals surface area contributed by atoms with Crippen LogP contribution in [-0.2, 0) is 11.3 Å². The van der Waals surface area contributed by atoms with Gasteiger partial charge in [0.25, 0.3) is 0 Å². The summed E-state index contributed by atoms with van der Waals surface area (Å²) >= 11 is 0. The molecule has 1 aliphatic heterocycles. The van der Waals surface area contributed by atoms with E-state index in [0.717, 1.165) is 29.8 Å². The number of carbonyl (C=O) groups is 1. The Bertz CT molecular complexity index is 609. The maximum absolute atomic E-state index is 12.7. The number of quaternary nitrogens is 1. The highest BCUT2D eigenvalue weighted by Gasteiger charge is 2.36. The highest BCUT2D eigenvalue weighted by atomic mass is 16.2. The summed E-state index contributed by atoms with van der Waals surface area (Å²) in [6.45, 7) is 1.42. The van der Waals surface area contributed by atoms with Gasteiger partial charge in [0.2, 0.25) is 5.91 Å². The van der Waals surface area contributed by atoms with Crippen LogP contribution < -0.4 is 10.6 Å². The summed E-state index contributed by atoms with van der Waals surface area (Å²) in [7, 11) is 0. The molecule has 0 saturated heterocycles. The summed E-state index contributed by atoms with van der Waals surface area (Å²) in [6.07, 6.45) is 0.821. The van der Waals surface area contributed by atoms with Crippen molar-refractivity contribution >= 4 is 11.6 Å². The molecule has 1 atom stereocenters. The van der Waals surface area contributed by atoms with E-state index in [0.29, 0.717) is 6.54 Å². The molecule has 0 saturated carbocycles. The van der Waals surface area contributed by atoms with Crippen LogP contribution in [0.4, 0.5) is 5.69 Å². The molecule has 0 fully saturated rings. The molecule has 3 heteroatoms. The number of carbonyl (C=O) groups excluding carboxylic acids is 1. The molecular formula is C17H19N2O+. The smallest absolute Gasteiger partial charge is 0.235 e. The topological polar surface area (TPSA) is 48.0 Å². The van der Waals surface area contributed by atoms with Gasteiger partial charge in [0, 0.05) is 12.1 Å². The number of rotatable bonds is 4. The number of benzene rings is 2. The van der Waals surface area contributed by atoms with Crippen molar-refractivity contribution in [1.29, 1.82) is 0 Å². The van der Waals surface area contributed by atoms with Crippen LogP contribution in [0.1, 0.15) is 23.5 Å². The Morgan fingerprint density at radius 2 is 1.70 bits per heavy atom. The summed E-state index contributed by atoms with van der Waals surface area (Å²) in [4.78, 5) is 14.6. The van der Waals surface area contributed by atoms with Crippen LogP contribution in [0.3, 0.4) is 0 Å². The second-order valence-corrected chi connectivity index (χ2v) is 5.16. The Balaban J connectivity index is 1.94. The van der Waals surface area contributed by atoms with Crippen molar-refractivity contribution in [2.75, 3.05) is 11.4 Å². The molecule has 1 heterocycles. The highest BCUT2D eigenvalue weighted by Crippen LogP contribution is 2.39. The molecule has 3 rings (SSSR count).